The highest BCUT2D eigenvalue weighted by atomic mass is 16.1. The second-order valence-corrected chi connectivity index (χ2v) is 4.58. The number of carbonyl (C=O) groups is 1. The Labute approximate surface area is 103 Å². The number of benzene rings is 1. The van der Waals surface area contributed by atoms with E-state index in [0.29, 0.717) is 12.5 Å². The lowest BCUT2D eigenvalue weighted by molar-refractivity contribution is -0.116. The number of rotatable bonds is 6. The molecular weight excluding hydrogens is 212 g/mol. The normalized spacial score (nSPS) is 14.6. The summed E-state index contributed by atoms with van der Waals surface area (Å²) in [5.74, 6) is 0.0856. The molecule has 1 aromatic rings. The van der Waals surface area contributed by atoms with Crippen molar-refractivity contribution in [1.29, 1.82) is 0 Å². The van der Waals surface area contributed by atoms with E-state index < -0.39 is 0 Å². The van der Waals surface area contributed by atoms with Gasteiger partial charge >= 0.3 is 0 Å². The molecule has 17 heavy (non-hydrogen) atoms. The van der Waals surface area contributed by atoms with Crippen molar-refractivity contribution >= 4 is 11.6 Å². The van der Waals surface area contributed by atoms with Gasteiger partial charge in [-0.2, -0.15) is 0 Å². The van der Waals surface area contributed by atoms with E-state index in [1.54, 1.807) is 0 Å². The lowest BCUT2D eigenvalue weighted by Crippen LogP contribution is -2.23. The van der Waals surface area contributed by atoms with Crippen LogP contribution >= 0.6 is 0 Å². The lowest BCUT2D eigenvalue weighted by atomic mass is 10.1. The maximum Gasteiger partial charge on any atom is 0.225 e. The maximum absolute atomic E-state index is 11.6. The minimum Gasteiger partial charge on any atom is -0.326 e. The van der Waals surface area contributed by atoms with Gasteiger partial charge in [0.2, 0.25) is 5.91 Å². The maximum atomic E-state index is 11.6. The molecule has 0 spiro atoms. The first kappa shape index (κ1) is 12.1. The van der Waals surface area contributed by atoms with Crippen molar-refractivity contribution < 1.29 is 4.79 Å². The number of anilines is 1. The number of nitrogens with one attached hydrogen (secondary N) is 2. The van der Waals surface area contributed by atoms with Crippen molar-refractivity contribution in [1.82, 2.24) is 5.32 Å². The summed E-state index contributed by atoms with van der Waals surface area (Å²) >= 11 is 0. The van der Waals surface area contributed by atoms with Crippen LogP contribution in [-0.2, 0) is 11.2 Å². The molecule has 0 unspecified atom stereocenters. The predicted molar refractivity (Wildman–Crippen MR) is 70.1 cm³/mol. The Balaban J connectivity index is 1.72. The first-order valence-electron chi connectivity index (χ1n) is 6.40. The van der Waals surface area contributed by atoms with E-state index in [2.05, 4.69) is 29.7 Å². The van der Waals surface area contributed by atoms with E-state index in [1.165, 1.54) is 18.4 Å². The first-order valence-corrected chi connectivity index (χ1v) is 6.40. The molecule has 3 heteroatoms. The summed E-state index contributed by atoms with van der Waals surface area (Å²) in [5.41, 5.74) is 2.18. The van der Waals surface area contributed by atoms with Crippen molar-refractivity contribution in [3.8, 4) is 0 Å². The Hall–Kier alpha value is -1.35. The van der Waals surface area contributed by atoms with Gasteiger partial charge in [-0.05, 0) is 37.0 Å². The summed E-state index contributed by atoms with van der Waals surface area (Å²) < 4.78 is 0. The van der Waals surface area contributed by atoms with Crippen LogP contribution in [0, 0.1) is 0 Å². The van der Waals surface area contributed by atoms with Gasteiger partial charge in [0.1, 0.15) is 0 Å². The third-order valence-corrected chi connectivity index (χ3v) is 3.01. The monoisotopic (exact) mass is 232 g/mol. The van der Waals surface area contributed by atoms with E-state index in [1.807, 2.05) is 12.1 Å². The van der Waals surface area contributed by atoms with Gasteiger partial charge in [0.05, 0.1) is 0 Å². The van der Waals surface area contributed by atoms with Crippen molar-refractivity contribution in [3.05, 3.63) is 29.8 Å². The Kier molecular flexibility index (Phi) is 4.15. The van der Waals surface area contributed by atoms with Crippen LogP contribution in [0.2, 0.25) is 0 Å². The molecule has 1 amide bonds. The standard InChI is InChI=1S/C14H20N2O/c1-2-11-3-5-13(6-4-11)16-14(17)9-10-15-12-7-8-12/h3-6,12,15H,2,7-10H2,1H3,(H,16,17). The van der Waals surface area contributed by atoms with Gasteiger partial charge in [-0.25, -0.2) is 0 Å². The van der Waals surface area contributed by atoms with Crippen molar-refractivity contribution in [2.75, 3.05) is 11.9 Å². The summed E-state index contributed by atoms with van der Waals surface area (Å²) in [5, 5.41) is 6.24. The SMILES string of the molecule is CCc1ccc(NC(=O)CCNC2CC2)cc1. The summed E-state index contributed by atoms with van der Waals surface area (Å²) in [7, 11) is 0. The van der Waals surface area contributed by atoms with E-state index in [4.69, 9.17) is 0 Å². The van der Waals surface area contributed by atoms with E-state index in [9.17, 15) is 4.79 Å². The number of hydrogen-bond donors (Lipinski definition) is 2. The van der Waals surface area contributed by atoms with Crippen LogP contribution in [0.1, 0.15) is 31.7 Å². The molecule has 2 rings (SSSR count). The molecule has 0 atom stereocenters. The Bertz CT molecular complexity index is 368. The second-order valence-electron chi connectivity index (χ2n) is 4.58. The van der Waals surface area contributed by atoms with Gasteiger partial charge < -0.3 is 10.6 Å². The predicted octanol–water partition coefficient (Wildman–Crippen LogP) is 2.33. The minimum atomic E-state index is 0.0856. The highest BCUT2D eigenvalue weighted by Crippen LogP contribution is 2.18. The summed E-state index contributed by atoms with van der Waals surface area (Å²) in [6.45, 7) is 2.90. The third kappa shape index (κ3) is 4.19. The van der Waals surface area contributed by atoms with Crippen LogP contribution in [-0.4, -0.2) is 18.5 Å². The van der Waals surface area contributed by atoms with Crippen molar-refractivity contribution in [2.24, 2.45) is 0 Å². The molecule has 0 aliphatic heterocycles. The molecule has 0 radical (unpaired) electrons. The van der Waals surface area contributed by atoms with Gasteiger partial charge in [-0.15, -0.1) is 0 Å². The molecule has 3 nitrogen and oxygen atoms in total. The van der Waals surface area contributed by atoms with Crippen molar-refractivity contribution in [2.45, 2.75) is 38.6 Å². The van der Waals surface area contributed by atoms with Crippen molar-refractivity contribution in [3.63, 3.8) is 0 Å². The molecule has 1 saturated carbocycles. The fourth-order valence-corrected chi connectivity index (χ4v) is 1.72. The molecular formula is C14H20N2O. The average Bonchev–Trinajstić information content (AvgIpc) is 3.14. The van der Waals surface area contributed by atoms with Crippen LogP contribution in [0.3, 0.4) is 0 Å². The Morgan fingerprint density at radius 1 is 1.29 bits per heavy atom. The zero-order valence-corrected chi connectivity index (χ0v) is 10.3. The zero-order chi connectivity index (χ0) is 12.1. The zero-order valence-electron chi connectivity index (χ0n) is 10.3. The molecule has 1 fully saturated rings. The summed E-state index contributed by atoms with van der Waals surface area (Å²) in [4.78, 5) is 11.6. The lowest BCUT2D eigenvalue weighted by Gasteiger charge is -2.06. The minimum absolute atomic E-state index is 0.0856. The van der Waals surface area contributed by atoms with Gasteiger partial charge in [-0.3, -0.25) is 4.79 Å². The van der Waals surface area contributed by atoms with Crippen LogP contribution in [0.15, 0.2) is 24.3 Å². The topological polar surface area (TPSA) is 41.1 Å². The van der Waals surface area contributed by atoms with Gasteiger partial charge in [0, 0.05) is 24.7 Å². The Morgan fingerprint density at radius 2 is 2.00 bits per heavy atom. The third-order valence-electron chi connectivity index (χ3n) is 3.01. The largest absolute Gasteiger partial charge is 0.326 e. The van der Waals surface area contributed by atoms with Gasteiger partial charge in [-0.1, -0.05) is 19.1 Å². The van der Waals surface area contributed by atoms with Crippen LogP contribution in [0.4, 0.5) is 5.69 Å². The van der Waals surface area contributed by atoms with Crippen LogP contribution < -0.4 is 10.6 Å². The average molecular weight is 232 g/mol. The second kappa shape index (κ2) is 5.82. The number of aryl methyl sites for hydroxylation is 1. The quantitative estimate of drug-likeness (QED) is 0.790. The molecule has 92 valence electrons. The first-order chi connectivity index (χ1) is 8.28. The number of hydrogen-bond acceptors (Lipinski definition) is 2. The molecule has 1 aliphatic rings. The summed E-state index contributed by atoms with van der Waals surface area (Å²) in [6.07, 6.45) is 4.10. The molecule has 1 aromatic carbocycles. The highest BCUT2D eigenvalue weighted by Gasteiger charge is 2.19. The fourth-order valence-electron chi connectivity index (χ4n) is 1.72. The van der Waals surface area contributed by atoms with Crippen LogP contribution in [0.25, 0.3) is 0 Å². The molecule has 0 heterocycles. The Morgan fingerprint density at radius 3 is 2.59 bits per heavy atom. The van der Waals surface area contributed by atoms with E-state index in [0.717, 1.165) is 18.7 Å². The fraction of sp³-hybridized carbons (Fsp3) is 0.500. The number of carbonyl (C=O) groups excluding carboxylic acids is 1. The smallest absolute Gasteiger partial charge is 0.225 e. The van der Waals surface area contributed by atoms with Gasteiger partial charge in [0.25, 0.3) is 0 Å². The molecule has 0 saturated heterocycles. The summed E-state index contributed by atoms with van der Waals surface area (Å²) in [6, 6.07) is 8.71. The number of amides is 1. The molecule has 1 aliphatic carbocycles. The highest BCUT2D eigenvalue weighted by molar-refractivity contribution is 5.90. The van der Waals surface area contributed by atoms with Gasteiger partial charge in [0.15, 0.2) is 0 Å². The van der Waals surface area contributed by atoms with E-state index >= 15 is 0 Å². The van der Waals surface area contributed by atoms with Crippen LogP contribution in [0.5, 0.6) is 0 Å². The molecule has 2 N–H and O–H groups in total. The van der Waals surface area contributed by atoms with E-state index in [-0.39, 0.29) is 5.91 Å². The molecule has 0 bridgehead atoms. The molecule has 0 aromatic heterocycles.